The molecule has 1 nitrogen and oxygen atoms in total. The Labute approximate surface area is 92.2 Å². The summed E-state index contributed by atoms with van der Waals surface area (Å²) in [5.41, 5.74) is 0.172. The van der Waals surface area contributed by atoms with Crippen LogP contribution in [0.15, 0.2) is 0 Å². The molecular weight excluding hydrogens is 196 g/mol. The Balaban J connectivity index is 1.95. The summed E-state index contributed by atoms with van der Waals surface area (Å²) in [4.78, 5) is 0. The molecule has 1 heterocycles. The lowest BCUT2D eigenvalue weighted by atomic mass is 9.81. The van der Waals surface area contributed by atoms with E-state index in [1.54, 1.807) is 0 Å². The van der Waals surface area contributed by atoms with Gasteiger partial charge in [-0.1, -0.05) is 32.1 Å². The number of alkyl halides is 1. The molecule has 0 aromatic heterocycles. The molecule has 1 atom stereocenters. The van der Waals surface area contributed by atoms with Crippen LogP contribution in [0.25, 0.3) is 0 Å². The molecule has 0 N–H and O–H groups in total. The van der Waals surface area contributed by atoms with Gasteiger partial charge in [0.2, 0.25) is 0 Å². The molecular formula is C12H21ClO. The molecule has 1 saturated heterocycles. The Morgan fingerprint density at radius 3 is 2.29 bits per heavy atom. The van der Waals surface area contributed by atoms with Gasteiger partial charge in [-0.2, -0.15) is 0 Å². The third kappa shape index (κ3) is 2.64. The summed E-state index contributed by atoms with van der Waals surface area (Å²) >= 11 is 6.25. The molecule has 2 fully saturated rings. The SMILES string of the molecule is ClC1CCOC2(CCCCCCC2)C1. The molecule has 0 radical (unpaired) electrons. The van der Waals surface area contributed by atoms with Gasteiger partial charge in [0.05, 0.1) is 5.60 Å². The van der Waals surface area contributed by atoms with Crippen molar-refractivity contribution in [2.24, 2.45) is 0 Å². The minimum Gasteiger partial charge on any atom is -0.375 e. The molecule has 0 aromatic carbocycles. The van der Waals surface area contributed by atoms with Crippen LogP contribution >= 0.6 is 11.6 Å². The highest BCUT2D eigenvalue weighted by Gasteiger charge is 2.36. The lowest BCUT2D eigenvalue weighted by Crippen LogP contribution is -2.40. The van der Waals surface area contributed by atoms with Crippen LogP contribution in [0, 0.1) is 0 Å². The Morgan fingerprint density at radius 2 is 1.64 bits per heavy atom. The summed E-state index contributed by atoms with van der Waals surface area (Å²) in [5, 5.41) is 0.364. The number of hydrogen-bond acceptors (Lipinski definition) is 1. The van der Waals surface area contributed by atoms with E-state index in [1.807, 2.05) is 0 Å². The van der Waals surface area contributed by atoms with Gasteiger partial charge in [0, 0.05) is 12.0 Å². The van der Waals surface area contributed by atoms with E-state index in [0.717, 1.165) is 19.4 Å². The number of ether oxygens (including phenoxy) is 1. The van der Waals surface area contributed by atoms with Gasteiger partial charge in [0.1, 0.15) is 0 Å². The fraction of sp³-hybridized carbons (Fsp3) is 1.00. The normalized spacial score (nSPS) is 33.6. The Hall–Kier alpha value is 0.250. The molecule has 1 unspecified atom stereocenters. The summed E-state index contributed by atoms with van der Waals surface area (Å²) in [6.45, 7) is 0.883. The van der Waals surface area contributed by atoms with Crippen LogP contribution in [0.2, 0.25) is 0 Å². The first-order valence-electron chi connectivity index (χ1n) is 6.09. The molecule has 0 bridgehead atoms. The highest BCUT2D eigenvalue weighted by atomic mass is 35.5. The van der Waals surface area contributed by atoms with E-state index in [4.69, 9.17) is 16.3 Å². The lowest BCUT2D eigenvalue weighted by Gasteiger charge is -2.40. The van der Waals surface area contributed by atoms with E-state index in [2.05, 4.69) is 0 Å². The first kappa shape index (κ1) is 10.8. The Bertz CT molecular complexity index is 173. The van der Waals surface area contributed by atoms with Crippen LogP contribution in [-0.4, -0.2) is 17.6 Å². The van der Waals surface area contributed by atoms with Gasteiger partial charge < -0.3 is 4.74 Å². The third-order valence-corrected chi connectivity index (χ3v) is 4.07. The second-order valence-electron chi connectivity index (χ2n) is 4.89. The van der Waals surface area contributed by atoms with Gasteiger partial charge in [0.25, 0.3) is 0 Å². The van der Waals surface area contributed by atoms with Gasteiger partial charge in [-0.05, 0) is 25.7 Å². The highest BCUT2D eigenvalue weighted by molar-refractivity contribution is 6.20. The summed E-state index contributed by atoms with van der Waals surface area (Å²) in [6, 6.07) is 0. The molecule has 1 aliphatic heterocycles. The van der Waals surface area contributed by atoms with E-state index >= 15 is 0 Å². The van der Waals surface area contributed by atoms with E-state index in [-0.39, 0.29) is 5.60 Å². The van der Waals surface area contributed by atoms with Crippen LogP contribution in [0.4, 0.5) is 0 Å². The summed E-state index contributed by atoms with van der Waals surface area (Å²) in [5.74, 6) is 0. The van der Waals surface area contributed by atoms with Crippen molar-refractivity contribution in [3.8, 4) is 0 Å². The van der Waals surface area contributed by atoms with Gasteiger partial charge in [-0.3, -0.25) is 0 Å². The topological polar surface area (TPSA) is 9.23 Å². The zero-order chi connectivity index (χ0) is 9.86. The van der Waals surface area contributed by atoms with Crippen molar-refractivity contribution in [3.05, 3.63) is 0 Å². The van der Waals surface area contributed by atoms with E-state index in [1.165, 1.54) is 44.9 Å². The van der Waals surface area contributed by atoms with Crippen molar-refractivity contribution in [1.82, 2.24) is 0 Å². The monoisotopic (exact) mass is 216 g/mol. The predicted molar refractivity (Wildman–Crippen MR) is 59.9 cm³/mol. The Kier molecular flexibility index (Phi) is 3.73. The molecule has 2 heteroatoms. The fourth-order valence-corrected chi connectivity index (χ4v) is 3.24. The molecule has 1 spiro atoms. The maximum atomic E-state index is 6.25. The van der Waals surface area contributed by atoms with Crippen molar-refractivity contribution in [2.75, 3.05) is 6.61 Å². The number of rotatable bonds is 0. The van der Waals surface area contributed by atoms with E-state index in [0.29, 0.717) is 5.38 Å². The maximum absolute atomic E-state index is 6.25. The highest BCUT2D eigenvalue weighted by Crippen LogP contribution is 2.38. The van der Waals surface area contributed by atoms with Crippen molar-refractivity contribution >= 4 is 11.6 Å². The van der Waals surface area contributed by atoms with Gasteiger partial charge in [0.15, 0.2) is 0 Å². The molecule has 2 rings (SSSR count). The summed E-state index contributed by atoms with van der Waals surface area (Å²) in [7, 11) is 0. The van der Waals surface area contributed by atoms with Crippen molar-refractivity contribution in [2.45, 2.75) is 68.8 Å². The largest absolute Gasteiger partial charge is 0.375 e. The fourth-order valence-electron chi connectivity index (χ4n) is 2.87. The van der Waals surface area contributed by atoms with Crippen LogP contribution in [0.5, 0.6) is 0 Å². The van der Waals surface area contributed by atoms with Crippen molar-refractivity contribution < 1.29 is 4.74 Å². The van der Waals surface area contributed by atoms with Gasteiger partial charge in [-0.25, -0.2) is 0 Å². The smallest absolute Gasteiger partial charge is 0.0696 e. The standard InChI is InChI=1S/C12H21ClO/c13-11-6-9-14-12(10-11)7-4-2-1-3-5-8-12/h11H,1-10H2. The second kappa shape index (κ2) is 4.85. The average molecular weight is 217 g/mol. The lowest BCUT2D eigenvalue weighted by molar-refractivity contribution is -0.0914. The van der Waals surface area contributed by atoms with Crippen LogP contribution in [0.1, 0.15) is 57.8 Å². The van der Waals surface area contributed by atoms with E-state index < -0.39 is 0 Å². The molecule has 14 heavy (non-hydrogen) atoms. The molecule has 0 amide bonds. The van der Waals surface area contributed by atoms with Crippen molar-refractivity contribution in [1.29, 1.82) is 0 Å². The van der Waals surface area contributed by atoms with Crippen LogP contribution in [-0.2, 0) is 4.74 Å². The molecule has 1 saturated carbocycles. The predicted octanol–water partition coefficient (Wildman–Crippen LogP) is 3.89. The first-order valence-corrected chi connectivity index (χ1v) is 6.52. The minimum absolute atomic E-state index is 0.172. The Morgan fingerprint density at radius 1 is 1.00 bits per heavy atom. The van der Waals surface area contributed by atoms with Gasteiger partial charge >= 0.3 is 0 Å². The number of hydrogen-bond donors (Lipinski definition) is 0. The third-order valence-electron chi connectivity index (χ3n) is 3.70. The van der Waals surface area contributed by atoms with E-state index in [9.17, 15) is 0 Å². The molecule has 82 valence electrons. The van der Waals surface area contributed by atoms with Crippen LogP contribution in [0.3, 0.4) is 0 Å². The van der Waals surface area contributed by atoms with Gasteiger partial charge in [-0.15, -0.1) is 11.6 Å². The zero-order valence-electron chi connectivity index (χ0n) is 8.93. The minimum atomic E-state index is 0.172. The second-order valence-corrected chi connectivity index (χ2v) is 5.51. The van der Waals surface area contributed by atoms with Crippen LogP contribution < -0.4 is 0 Å². The average Bonchev–Trinajstić information content (AvgIpc) is 2.12. The maximum Gasteiger partial charge on any atom is 0.0696 e. The molecule has 2 aliphatic rings. The quantitative estimate of drug-likeness (QED) is 0.559. The summed E-state index contributed by atoms with van der Waals surface area (Å²) in [6.07, 6.45) is 11.5. The first-order chi connectivity index (χ1) is 6.81. The zero-order valence-corrected chi connectivity index (χ0v) is 9.69. The number of halogens is 1. The van der Waals surface area contributed by atoms with Crippen molar-refractivity contribution in [3.63, 3.8) is 0 Å². The summed E-state index contributed by atoms with van der Waals surface area (Å²) < 4.78 is 6.03. The molecule has 1 aliphatic carbocycles. The molecule has 0 aromatic rings.